The normalized spacial score (nSPS) is 16.6. The summed E-state index contributed by atoms with van der Waals surface area (Å²) >= 11 is -5.14. The Kier molecular flexibility index (Phi) is 7.33. The molecule has 0 saturated heterocycles. The summed E-state index contributed by atoms with van der Waals surface area (Å²) in [5.41, 5.74) is -9.42. The zero-order chi connectivity index (χ0) is 32.0. The third-order valence-corrected chi connectivity index (χ3v) is 10.9. The average molecular weight is 700 g/mol. The molecule has 1 radical (unpaired) electrons. The van der Waals surface area contributed by atoms with E-state index in [0.717, 1.165) is 36.4 Å². The molecule has 2 aromatic carbocycles. The first kappa shape index (κ1) is 33.1. The van der Waals surface area contributed by atoms with Gasteiger partial charge in [-0.25, -0.2) is 0 Å². The van der Waals surface area contributed by atoms with Crippen LogP contribution in [0, 0.1) is 0 Å². The van der Waals surface area contributed by atoms with Crippen molar-refractivity contribution in [3.05, 3.63) is 48.5 Å². The van der Waals surface area contributed by atoms with Gasteiger partial charge in [0.25, 0.3) is 0 Å². The third-order valence-electron chi connectivity index (χ3n) is 5.92. The fourth-order valence-corrected chi connectivity index (χ4v) is 8.80. The Labute approximate surface area is 219 Å². The first-order valence-corrected chi connectivity index (χ1v) is 12.7. The van der Waals surface area contributed by atoms with Crippen LogP contribution in [0.25, 0.3) is 11.1 Å². The fraction of sp³-hybridized carbons (Fsp3) is 0.429. The predicted molar refractivity (Wildman–Crippen MR) is 103 cm³/mol. The molecule has 1 heterocycles. The van der Waals surface area contributed by atoms with Crippen molar-refractivity contribution < 1.29 is 83.4 Å². The molecule has 231 valence electrons. The van der Waals surface area contributed by atoms with Crippen LogP contribution in [-0.2, 0) is 0 Å². The third kappa shape index (κ3) is 3.97. The van der Waals surface area contributed by atoms with Crippen LogP contribution in [0.5, 0.6) is 0 Å². The van der Waals surface area contributed by atoms with E-state index < -0.39 is 75.3 Å². The molecule has 0 amide bonds. The first-order chi connectivity index (χ1) is 18.1. The molecule has 0 N–H and O–H groups in total. The van der Waals surface area contributed by atoms with E-state index in [1.807, 2.05) is 0 Å². The SMILES string of the molecule is FC(F)(F)C(F)(C(F)(F)F)C(F)(F)C(F)(F)C(F)(F)C(F)(F)C(F)(F)C(F)(F)[Se]1c2ccccc2-c2ccccc21. The molecule has 20 heteroatoms. The number of alkyl halides is 19. The zero-order valence-electron chi connectivity index (χ0n) is 18.7. The molecular formula is C21H8F19Se. The summed E-state index contributed by atoms with van der Waals surface area (Å²) in [6.07, 6.45) is -16.6. The van der Waals surface area contributed by atoms with E-state index in [0.29, 0.717) is 12.1 Å². The van der Waals surface area contributed by atoms with Crippen LogP contribution in [0.15, 0.2) is 48.5 Å². The van der Waals surface area contributed by atoms with Crippen LogP contribution in [0.4, 0.5) is 83.4 Å². The topological polar surface area (TPSA) is 0 Å². The Morgan fingerprint density at radius 3 is 1.00 bits per heavy atom. The molecular weight excluding hydrogens is 692 g/mol. The van der Waals surface area contributed by atoms with Gasteiger partial charge in [0.2, 0.25) is 0 Å². The minimum absolute atomic E-state index is 0.340. The maximum absolute atomic E-state index is 15.2. The van der Waals surface area contributed by atoms with Crippen molar-refractivity contribution in [3.8, 4) is 11.1 Å². The number of hydrogen-bond acceptors (Lipinski definition) is 0. The summed E-state index contributed by atoms with van der Waals surface area (Å²) in [7, 11) is 0. The Bertz CT molecular complexity index is 1250. The van der Waals surface area contributed by atoms with Crippen LogP contribution in [0.3, 0.4) is 0 Å². The van der Waals surface area contributed by atoms with Crippen LogP contribution >= 0.6 is 0 Å². The van der Waals surface area contributed by atoms with Gasteiger partial charge in [-0.05, 0) is 0 Å². The average Bonchev–Trinajstić information content (AvgIpc) is 3.16. The van der Waals surface area contributed by atoms with Crippen molar-refractivity contribution in [2.45, 2.75) is 52.5 Å². The van der Waals surface area contributed by atoms with Gasteiger partial charge in [-0.3, -0.25) is 0 Å². The van der Waals surface area contributed by atoms with E-state index in [1.165, 1.54) is 0 Å². The molecule has 0 fully saturated rings. The van der Waals surface area contributed by atoms with Gasteiger partial charge in [0.1, 0.15) is 0 Å². The van der Waals surface area contributed by atoms with Crippen molar-refractivity contribution in [1.29, 1.82) is 0 Å². The minimum atomic E-state index is -9.02. The number of hydrogen-bond donors (Lipinski definition) is 0. The molecule has 1 aliphatic rings. The number of halogens is 19. The molecule has 0 aromatic heterocycles. The summed E-state index contributed by atoms with van der Waals surface area (Å²) < 4.78 is 261. The van der Waals surface area contributed by atoms with Crippen LogP contribution in [0.2, 0.25) is 0 Å². The van der Waals surface area contributed by atoms with Gasteiger partial charge in [-0.1, -0.05) is 0 Å². The second-order valence-electron chi connectivity index (χ2n) is 8.34. The van der Waals surface area contributed by atoms with Gasteiger partial charge in [0, 0.05) is 0 Å². The quantitative estimate of drug-likeness (QED) is 0.208. The van der Waals surface area contributed by atoms with E-state index in [4.69, 9.17) is 0 Å². The van der Waals surface area contributed by atoms with E-state index in [1.54, 1.807) is 0 Å². The molecule has 0 bridgehead atoms. The monoisotopic (exact) mass is 701 g/mol. The van der Waals surface area contributed by atoms with Crippen molar-refractivity contribution in [3.63, 3.8) is 0 Å². The molecule has 1 aliphatic heterocycles. The van der Waals surface area contributed by atoms with E-state index in [2.05, 4.69) is 0 Å². The van der Waals surface area contributed by atoms with Gasteiger partial charge >= 0.3 is 218 Å². The van der Waals surface area contributed by atoms with Crippen molar-refractivity contribution >= 4 is 22.8 Å². The maximum atomic E-state index is 15.2. The summed E-state index contributed by atoms with van der Waals surface area (Å²) in [5, 5.41) is 0. The summed E-state index contributed by atoms with van der Waals surface area (Å²) in [6.45, 7) is 0. The summed E-state index contributed by atoms with van der Waals surface area (Å²) in [5.74, 6) is -43.3. The summed E-state index contributed by atoms with van der Waals surface area (Å²) in [4.78, 5) is -6.56. The molecule has 3 rings (SSSR count). The first-order valence-electron chi connectivity index (χ1n) is 10.1. The van der Waals surface area contributed by atoms with Crippen molar-refractivity contribution in [2.75, 3.05) is 0 Å². The number of benzene rings is 2. The van der Waals surface area contributed by atoms with Gasteiger partial charge in [-0.2, -0.15) is 0 Å². The standard InChI is InChI=1S/C21H8F19Se/c22-13(19(33,34)35,20(36,37)38)14(23,24)15(25,26)16(27,28)17(29,30)18(31,32)21(39,40)41-11-7-3-1-5-9(11)10-6-2-4-8-12(10)41/h1-8H. The Morgan fingerprint density at radius 2 is 0.659 bits per heavy atom. The van der Waals surface area contributed by atoms with E-state index in [9.17, 15) is 74.6 Å². The van der Waals surface area contributed by atoms with Crippen LogP contribution < -0.4 is 8.92 Å². The van der Waals surface area contributed by atoms with Gasteiger partial charge in [0.15, 0.2) is 0 Å². The molecule has 0 aliphatic carbocycles. The Hall–Kier alpha value is -2.37. The van der Waals surface area contributed by atoms with Gasteiger partial charge in [-0.15, -0.1) is 0 Å². The molecule has 0 spiro atoms. The van der Waals surface area contributed by atoms with Gasteiger partial charge in [0.05, 0.1) is 0 Å². The predicted octanol–water partition coefficient (Wildman–Crippen LogP) is 7.46. The molecule has 2 aromatic rings. The number of fused-ring (bicyclic) bond motifs is 3. The molecule has 0 nitrogen and oxygen atoms in total. The van der Waals surface area contributed by atoms with E-state index in [-0.39, 0.29) is 11.1 Å². The second kappa shape index (κ2) is 9.07. The second-order valence-corrected chi connectivity index (χ2v) is 12.5. The zero-order valence-corrected chi connectivity index (χ0v) is 20.4. The number of rotatable bonds is 7. The fourth-order valence-electron chi connectivity index (χ4n) is 3.76. The van der Waals surface area contributed by atoms with Crippen LogP contribution in [-0.4, -0.2) is 66.4 Å². The van der Waals surface area contributed by atoms with Crippen LogP contribution in [0.1, 0.15) is 0 Å². The Balaban J connectivity index is 2.23. The molecule has 0 unspecified atom stereocenters. The summed E-state index contributed by atoms with van der Waals surface area (Å²) in [6, 6.07) is 7.22. The molecule has 0 saturated carbocycles. The molecule has 0 atom stereocenters. The molecule has 41 heavy (non-hydrogen) atoms. The van der Waals surface area contributed by atoms with Crippen molar-refractivity contribution in [2.24, 2.45) is 0 Å². The Morgan fingerprint density at radius 1 is 0.366 bits per heavy atom. The van der Waals surface area contributed by atoms with E-state index >= 15 is 8.78 Å². The van der Waals surface area contributed by atoms with Gasteiger partial charge < -0.3 is 0 Å². The van der Waals surface area contributed by atoms with Crippen molar-refractivity contribution in [1.82, 2.24) is 0 Å².